The molecule has 0 aromatic heterocycles. The Bertz CT molecular complexity index is 389. The van der Waals surface area contributed by atoms with Crippen molar-refractivity contribution < 1.29 is 0 Å². The van der Waals surface area contributed by atoms with E-state index in [1.54, 1.807) is 0 Å². The maximum absolute atomic E-state index is 6.09. The van der Waals surface area contributed by atoms with Crippen LogP contribution in [0.3, 0.4) is 0 Å². The van der Waals surface area contributed by atoms with Crippen LogP contribution in [0.1, 0.15) is 25.3 Å². The summed E-state index contributed by atoms with van der Waals surface area (Å²) in [4.78, 5) is 0. The molecule has 0 aliphatic heterocycles. The van der Waals surface area contributed by atoms with E-state index < -0.39 is 0 Å². The van der Waals surface area contributed by atoms with Crippen LogP contribution in [0.5, 0.6) is 0 Å². The van der Waals surface area contributed by atoms with E-state index in [0.29, 0.717) is 17.3 Å². The summed E-state index contributed by atoms with van der Waals surface area (Å²) < 4.78 is 0.954. The fourth-order valence-electron chi connectivity index (χ4n) is 2.55. The zero-order chi connectivity index (χ0) is 11.2. The van der Waals surface area contributed by atoms with Crippen molar-refractivity contribution in [1.82, 2.24) is 0 Å². The largest absolute Gasteiger partial charge is 0.330 e. The Kier molecular flexibility index (Phi) is 2.87. The van der Waals surface area contributed by atoms with Crippen LogP contribution in [-0.2, 0) is 0 Å². The van der Waals surface area contributed by atoms with E-state index in [1.165, 1.54) is 5.56 Å². The Balaban J connectivity index is 2.29. The fourth-order valence-corrected chi connectivity index (χ4v) is 2.99. The molecule has 1 aliphatic carbocycles. The molecule has 1 fully saturated rings. The summed E-state index contributed by atoms with van der Waals surface area (Å²) in [6.07, 6.45) is 0. The van der Waals surface area contributed by atoms with E-state index >= 15 is 0 Å². The van der Waals surface area contributed by atoms with E-state index in [0.717, 1.165) is 16.0 Å². The lowest BCUT2D eigenvalue weighted by Crippen LogP contribution is -2.05. The molecule has 82 valence electrons. The highest BCUT2D eigenvalue weighted by Crippen LogP contribution is 2.64. The summed E-state index contributed by atoms with van der Waals surface area (Å²) in [5.74, 6) is 1.16. The molecular formula is C12H15BrClN. The Morgan fingerprint density at radius 1 is 1.47 bits per heavy atom. The van der Waals surface area contributed by atoms with E-state index in [9.17, 15) is 0 Å². The number of halogens is 2. The first-order valence-corrected chi connectivity index (χ1v) is 6.30. The van der Waals surface area contributed by atoms with Crippen LogP contribution in [0.2, 0.25) is 5.02 Å². The zero-order valence-electron chi connectivity index (χ0n) is 8.93. The van der Waals surface area contributed by atoms with Crippen LogP contribution < -0.4 is 5.73 Å². The monoisotopic (exact) mass is 287 g/mol. The molecule has 3 heteroatoms. The van der Waals surface area contributed by atoms with E-state index in [4.69, 9.17) is 17.3 Å². The lowest BCUT2D eigenvalue weighted by molar-refractivity contribution is 0.558. The Labute approximate surface area is 104 Å². The summed E-state index contributed by atoms with van der Waals surface area (Å²) in [5.41, 5.74) is 7.40. The molecule has 1 aliphatic rings. The van der Waals surface area contributed by atoms with Crippen LogP contribution in [0, 0.1) is 11.3 Å². The highest BCUT2D eigenvalue weighted by molar-refractivity contribution is 9.10. The topological polar surface area (TPSA) is 26.0 Å². The lowest BCUT2D eigenvalue weighted by Gasteiger charge is -2.04. The van der Waals surface area contributed by atoms with Gasteiger partial charge in [-0.25, -0.2) is 0 Å². The number of rotatable bonds is 2. The van der Waals surface area contributed by atoms with Gasteiger partial charge in [0, 0.05) is 4.47 Å². The normalized spacial score (nSPS) is 27.8. The van der Waals surface area contributed by atoms with Crippen molar-refractivity contribution >= 4 is 27.5 Å². The molecule has 1 aromatic carbocycles. The molecule has 2 N–H and O–H groups in total. The van der Waals surface area contributed by atoms with Gasteiger partial charge in [0.15, 0.2) is 0 Å². The van der Waals surface area contributed by atoms with Gasteiger partial charge < -0.3 is 5.73 Å². The van der Waals surface area contributed by atoms with Gasteiger partial charge in [0.2, 0.25) is 0 Å². The van der Waals surface area contributed by atoms with E-state index in [-0.39, 0.29) is 0 Å². The molecule has 0 saturated heterocycles. The molecule has 0 bridgehead atoms. The molecule has 2 rings (SSSR count). The van der Waals surface area contributed by atoms with Crippen molar-refractivity contribution in [3.63, 3.8) is 0 Å². The van der Waals surface area contributed by atoms with E-state index in [1.807, 2.05) is 12.1 Å². The second-order valence-electron chi connectivity index (χ2n) is 4.81. The number of benzene rings is 1. The summed E-state index contributed by atoms with van der Waals surface area (Å²) >= 11 is 9.49. The van der Waals surface area contributed by atoms with Crippen molar-refractivity contribution in [3.05, 3.63) is 33.3 Å². The average Bonchev–Trinajstić information content (AvgIpc) is 2.73. The molecule has 15 heavy (non-hydrogen) atoms. The van der Waals surface area contributed by atoms with Crippen molar-refractivity contribution in [1.29, 1.82) is 0 Å². The van der Waals surface area contributed by atoms with Crippen molar-refractivity contribution in [2.75, 3.05) is 6.54 Å². The smallest absolute Gasteiger partial charge is 0.0550 e. The van der Waals surface area contributed by atoms with Crippen LogP contribution in [0.15, 0.2) is 22.7 Å². The standard InChI is InChI=1S/C12H15BrClN/c1-12(2)8(6-15)11(12)7-3-4-9(13)10(14)5-7/h3-5,8,11H,6,15H2,1-2H3. The first-order valence-electron chi connectivity index (χ1n) is 5.13. The average molecular weight is 289 g/mol. The van der Waals surface area contributed by atoms with Crippen molar-refractivity contribution in [2.45, 2.75) is 19.8 Å². The quantitative estimate of drug-likeness (QED) is 0.880. The van der Waals surface area contributed by atoms with Gasteiger partial charge in [0.05, 0.1) is 5.02 Å². The molecule has 1 aromatic rings. The van der Waals surface area contributed by atoms with Gasteiger partial charge in [-0.05, 0) is 57.4 Å². The maximum Gasteiger partial charge on any atom is 0.0550 e. The highest BCUT2D eigenvalue weighted by atomic mass is 79.9. The van der Waals surface area contributed by atoms with Gasteiger partial charge in [0.1, 0.15) is 0 Å². The first-order chi connectivity index (χ1) is 6.98. The first kappa shape index (κ1) is 11.4. The van der Waals surface area contributed by atoms with Gasteiger partial charge >= 0.3 is 0 Å². The molecule has 0 heterocycles. The molecule has 2 unspecified atom stereocenters. The summed E-state index contributed by atoms with van der Waals surface area (Å²) in [6, 6.07) is 6.20. The van der Waals surface area contributed by atoms with Crippen LogP contribution in [0.25, 0.3) is 0 Å². The van der Waals surface area contributed by atoms with Crippen molar-refractivity contribution in [3.8, 4) is 0 Å². The molecule has 0 spiro atoms. The molecule has 0 amide bonds. The molecular weight excluding hydrogens is 273 g/mol. The third-order valence-corrected chi connectivity index (χ3v) is 4.84. The van der Waals surface area contributed by atoms with Gasteiger partial charge in [-0.15, -0.1) is 0 Å². The molecule has 1 nitrogen and oxygen atoms in total. The SMILES string of the molecule is CC1(C)C(CN)C1c1ccc(Br)c(Cl)c1. The van der Waals surface area contributed by atoms with E-state index in [2.05, 4.69) is 35.8 Å². The van der Waals surface area contributed by atoms with Crippen molar-refractivity contribution in [2.24, 2.45) is 17.1 Å². The molecule has 0 radical (unpaired) electrons. The predicted octanol–water partition coefficient (Wildman–Crippen LogP) is 3.80. The Morgan fingerprint density at radius 3 is 2.60 bits per heavy atom. The zero-order valence-corrected chi connectivity index (χ0v) is 11.3. The van der Waals surface area contributed by atoms with Gasteiger partial charge in [-0.1, -0.05) is 31.5 Å². The summed E-state index contributed by atoms with van der Waals surface area (Å²) in [6.45, 7) is 5.29. The lowest BCUT2D eigenvalue weighted by atomic mass is 10.0. The Hall–Kier alpha value is -0.0500. The summed E-state index contributed by atoms with van der Waals surface area (Å²) in [7, 11) is 0. The Morgan fingerprint density at radius 2 is 2.13 bits per heavy atom. The maximum atomic E-state index is 6.09. The minimum atomic E-state index is 0.325. The summed E-state index contributed by atoms with van der Waals surface area (Å²) in [5, 5.41) is 0.783. The fraction of sp³-hybridized carbons (Fsp3) is 0.500. The molecule has 1 saturated carbocycles. The van der Waals surface area contributed by atoms with Gasteiger partial charge in [-0.3, -0.25) is 0 Å². The third kappa shape index (κ3) is 1.83. The highest BCUT2D eigenvalue weighted by Gasteiger charge is 2.57. The third-order valence-electron chi connectivity index (χ3n) is 3.61. The number of nitrogens with two attached hydrogens (primary N) is 1. The van der Waals surface area contributed by atoms with Crippen LogP contribution in [-0.4, -0.2) is 6.54 Å². The number of hydrogen-bond acceptors (Lipinski definition) is 1. The second-order valence-corrected chi connectivity index (χ2v) is 6.08. The van der Waals surface area contributed by atoms with Crippen LogP contribution in [0.4, 0.5) is 0 Å². The molecule has 2 atom stereocenters. The van der Waals surface area contributed by atoms with Gasteiger partial charge in [0.25, 0.3) is 0 Å². The second kappa shape index (κ2) is 3.76. The number of hydrogen-bond donors (Lipinski definition) is 1. The predicted molar refractivity (Wildman–Crippen MR) is 68.2 cm³/mol. The van der Waals surface area contributed by atoms with Crippen LogP contribution >= 0.6 is 27.5 Å². The minimum Gasteiger partial charge on any atom is -0.330 e. The van der Waals surface area contributed by atoms with Gasteiger partial charge in [-0.2, -0.15) is 0 Å². The minimum absolute atomic E-state index is 0.325.